The third-order valence-electron chi connectivity index (χ3n) is 4.36. The lowest BCUT2D eigenvalue weighted by molar-refractivity contribution is 0.0198. The van der Waals surface area contributed by atoms with E-state index < -0.39 is 5.60 Å². The summed E-state index contributed by atoms with van der Waals surface area (Å²) in [5.41, 5.74) is -0.394. The lowest BCUT2D eigenvalue weighted by Crippen LogP contribution is -2.46. The predicted octanol–water partition coefficient (Wildman–Crippen LogP) is 3.17. The lowest BCUT2D eigenvalue weighted by Gasteiger charge is -2.34. The highest BCUT2D eigenvalue weighted by molar-refractivity contribution is 5.68. The van der Waals surface area contributed by atoms with Gasteiger partial charge in [0.05, 0.1) is 0 Å². The second kappa shape index (κ2) is 6.79. The first-order chi connectivity index (χ1) is 9.44. The normalized spacial score (nSPS) is 21.6. The number of likely N-dealkylation sites (tertiary alicyclic amines) is 1. The Balaban J connectivity index is 1.60. The summed E-state index contributed by atoms with van der Waals surface area (Å²) >= 11 is 0. The quantitative estimate of drug-likeness (QED) is 0.861. The fourth-order valence-electron chi connectivity index (χ4n) is 2.87. The molecule has 0 radical (unpaired) electrons. The van der Waals surface area contributed by atoms with Crippen LogP contribution < -0.4 is 5.32 Å². The summed E-state index contributed by atoms with van der Waals surface area (Å²) in [6.45, 7) is 8.52. The summed E-state index contributed by atoms with van der Waals surface area (Å²) in [6.07, 6.45) is 7.54. The van der Waals surface area contributed by atoms with Crippen molar-refractivity contribution in [3.63, 3.8) is 0 Å². The number of hydrogen-bond donors (Lipinski definition) is 1. The van der Waals surface area contributed by atoms with Gasteiger partial charge in [0.15, 0.2) is 0 Å². The average Bonchev–Trinajstić information content (AvgIpc) is 2.31. The fourth-order valence-corrected chi connectivity index (χ4v) is 2.87. The molecule has 1 saturated carbocycles. The topological polar surface area (TPSA) is 41.6 Å². The number of carbonyl (C=O) groups is 1. The molecule has 1 aliphatic heterocycles. The van der Waals surface area contributed by atoms with Gasteiger partial charge in [-0.15, -0.1) is 0 Å². The number of piperidine rings is 1. The van der Waals surface area contributed by atoms with Crippen molar-refractivity contribution in [1.29, 1.82) is 0 Å². The van der Waals surface area contributed by atoms with Gasteiger partial charge < -0.3 is 15.0 Å². The SMILES string of the molecule is CC(C)(C)OC(=O)N1CCC(NCCC2CCC2)CC1. The summed E-state index contributed by atoms with van der Waals surface area (Å²) in [5, 5.41) is 3.65. The molecular weight excluding hydrogens is 252 g/mol. The molecule has 0 aromatic heterocycles. The van der Waals surface area contributed by atoms with E-state index in [1.807, 2.05) is 25.7 Å². The van der Waals surface area contributed by atoms with Crippen LogP contribution >= 0.6 is 0 Å². The molecule has 0 aromatic rings. The first kappa shape index (κ1) is 15.6. The third-order valence-corrected chi connectivity index (χ3v) is 4.36. The Bertz CT molecular complexity index is 313. The van der Waals surface area contributed by atoms with Gasteiger partial charge in [-0.1, -0.05) is 19.3 Å². The van der Waals surface area contributed by atoms with Crippen LogP contribution in [0, 0.1) is 5.92 Å². The predicted molar refractivity (Wildman–Crippen MR) is 80.8 cm³/mol. The van der Waals surface area contributed by atoms with E-state index in [0.717, 1.165) is 38.4 Å². The molecule has 4 heteroatoms. The van der Waals surface area contributed by atoms with Crippen molar-refractivity contribution >= 4 is 6.09 Å². The Labute approximate surface area is 123 Å². The van der Waals surface area contributed by atoms with Crippen LogP contribution in [0.2, 0.25) is 0 Å². The second-order valence-electron chi connectivity index (χ2n) is 7.28. The van der Waals surface area contributed by atoms with Crippen molar-refractivity contribution in [2.45, 2.75) is 70.9 Å². The minimum absolute atomic E-state index is 0.162. The molecule has 0 unspecified atom stereocenters. The smallest absolute Gasteiger partial charge is 0.410 e. The number of amides is 1. The van der Waals surface area contributed by atoms with Gasteiger partial charge in [0.1, 0.15) is 5.60 Å². The standard InChI is InChI=1S/C16H30N2O2/c1-16(2,3)20-15(19)18-11-8-14(9-12-18)17-10-7-13-5-4-6-13/h13-14,17H,4-12H2,1-3H3. The molecular formula is C16H30N2O2. The Morgan fingerprint density at radius 2 is 1.85 bits per heavy atom. The average molecular weight is 282 g/mol. The Morgan fingerprint density at radius 1 is 1.20 bits per heavy atom. The van der Waals surface area contributed by atoms with Crippen LogP contribution in [-0.4, -0.2) is 42.3 Å². The van der Waals surface area contributed by atoms with Crippen molar-refractivity contribution < 1.29 is 9.53 Å². The lowest BCUT2D eigenvalue weighted by atomic mass is 9.83. The highest BCUT2D eigenvalue weighted by Crippen LogP contribution is 2.28. The van der Waals surface area contributed by atoms with Crippen molar-refractivity contribution in [3.8, 4) is 0 Å². The zero-order chi connectivity index (χ0) is 14.6. The molecule has 0 spiro atoms. The van der Waals surface area contributed by atoms with Crippen LogP contribution in [0.15, 0.2) is 0 Å². The van der Waals surface area contributed by atoms with Crippen LogP contribution in [0.25, 0.3) is 0 Å². The van der Waals surface area contributed by atoms with Gasteiger partial charge in [-0.3, -0.25) is 0 Å². The van der Waals surface area contributed by atoms with Crippen LogP contribution in [0.5, 0.6) is 0 Å². The van der Waals surface area contributed by atoms with E-state index in [1.165, 1.54) is 25.7 Å². The number of nitrogens with zero attached hydrogens (tertiary/aromatic N) is 1. The molecule has 116 valence electrons. The third kappa shape index (κ3) is 4.97. The first-order valence-electron chi connectivity index (χ1n) is 8.15. The molecule has 0 aromatic carbocycles. The highest BCUT2D eigenvalue weighted by Gasteiger charge is 2.26. The summed E-state index contributed by atoms with van der Waals surface area (Å²) in [6, 6.07) is 0.578. The van der Waals surface area contributed by atoms with Crippen LogP contribution in [-0.2, 0) is 4.74 Å². The maximum atomic E-state index is 12.0. The van der Waals surface area contributed by atoms with E-state index in [1.54, 1.807) is 0 Å². The molecule has 1 N–H and O–H groups in total. The van der Waals surface area contributed by atoms with E-state index in [0.29, 0.717) is 6.04 Å². The van der Waals surface area contributed by atoms with E-state index in [-0.39, 0.29) is 6.09 Å². The molecule has 1 amide bonds. The number of hydrogen-bond acceptors (Lipinski definition) is 3. The molecule has 20 heavy (non-hydrogen) atoms. The maximum absolute atomic E-state index is 12.0. The second-order valence-corrected chi connectivity index (χ2v) is 7.28. The van der Waals surface area contributed by atoms with Crippen molar-refractivity contribution in [3.05, 3.63) is 0 Å². The summed E-state index contributed by atoms with van der Waals surface area (Å²) in [5.74, 6) is 0.976. The zero-order valence-corrected chi connectivity index (χ0v) is 13.3. The molecule has 2 rings (SSSR count). The molecule has 0 atom stereocenters. The Hall–Kier alpha value is -0.770. The van der Waals surface area contributed by atoms with Gasteiger partial charge in [0.2, 0.25) is 0 Å². The van der Waals surface area contributed by atoms with Crippen molar-refractivity contribution in [1.82, 2.24) is 10.2 Å². The Kier molecular flexibility index (Phi) is 5.30. The minimum Gasteiger partial charge on any atom is -0.444 e. The van der Waals surface area contributed by atoms with E-state index in [9.17, 15) is 4.79 Å². The number of rotatable bonds is 4. The molecule has 1 saturated heterocycles. The van der Waals surface area contributed by atoms with E-state index >= 15 is 0 Å². The molecule has 2 fully saturated rings. The summed E-state index contributed by atoms with van der Waals surface area (Å²) < 4.78 is 5.41. The van der Waals surface area contributed by atoms with Crippen LogP contribution in [0.3, 0.4) is 0 Å². The summed E-state index contributed by atoms with van der Waals surface area (Å²) in [4.78, 5) is 13.8. The molecule has 0 bridgehead atoms. The Morgan fingerprint density at radius 3 is 2.35 bits per heavy atom. The van der Waals surface area contributed by atoms with Crippen LogP contribution in [0.1, 0.15) is 59.3 Å². The highest BCUT2D eigenvalue weighted by atomic mass is 16.6. The van der Waals surface area contributed by atoms with Gasteiger partial charge in [0.25, 0.3) is 0 Å². The minimum atomic E-state index is -0.394. The van der Waals surface area contributed by atoms with Gasteiger partial charge in [-0.05, 0) is 52.5 Å². The van der Waals surface area contributed by atoms with E-state index in [2.05, 4.69) is 5.32 Å². The molecule has 1 heterocycles. The molecule has 4 nitrogen and oxygen atoms in total. The summed E-state index contributed by atoms with van der Waals surface area (Å²) in [7, 11) is 0. The first-order valence-corrected chi connectivity index (χ1v) is 8.15. The molecule has 2 aliphatic rings. The van der Waals surface area contributed by atoms with Gasteiger partial charge in [-0.25, -0.2) is 4.79 Å². The van der Waals surface area contributed by atoms with Gasteiger partial charge >= 0.3 is 6.09 Å². The molecule has 1 aliphatic carbocycles. The fraction of sp³-hybridized carbons (Fsp3) is 0.938. The zero-order valence-electron chi connectivity index (χ0n) is 13.3. The van der Waals surface area contributed by atoms with Gasteiger partial charge in [-0.2, -0.15) is 0 Å². The number of ether oxygens (including phenoxy) is 1. The van der Waals surface area contributed by atoms with E-state index in [4.69, 9.17) is 4.74 Å². The largest absolute Gasteiger partial charge is 0.444 e. The van der Waals surface area contributed by atoms with Crippen molar-refractivity contribution in [2.24, 2.45) is 5.92 Å². The monoisotopic (exact) mass is 282 g/mol. The van der Waals surface area contributed by atoms with Crippen LogP contribution in [0.4, 0.5) is 4.79 Å². The number of carbonyl (C=O) groups excluding carboxylic acids is 1. The number of nitrogens with one attached hydrogen (secondary N) is 1. The van der Waals surface area contributed by atoms with Gasteiger partial charge in [0, 0.05) is 19.1 Å². The maximum Gasteiger partial charge on any atom is 0.410 e. The van der Waals surface area contributed by atoms with Crippen molar-refractivity contribution in [2.75, 3.05) is 19.6 Å².